The molecule has 63 heavy (non-hydrogen) atoms. The average Bonchev–Trinajstić information content (AvgIpc) is 3.63. The van der Waals surface area contributed by atoms with Crippen LogP contribution in [-0.4, -0.2) is 122 Å². The van der Waals surface area contributed by atoms with Crippen LogP contribution in [0.3, 0.4) is 0 Å². The predicted octanol–water partition coefficient (Wildman–Crippen LogP) is 8.68. The van der Waals surface area contributed by atoms with Crippen LogP contribution in [0.5, 0.6) is 11.5 Å². The number of ether oxygens (including phenoxy) is 4. The summed E-state index contributed by atoms with van der Waals surface area (Å²) in [5, 5.41) is 0. The molecule has 0 saturated carbocycles. The zero-order chi connectivity index (χ0) is 45.0. The second-order valence-corrected chi connectivity index (χ2v) is 23.2. The molecule has 0 aliphatic heterocycles. The summed E-state index contributed by atoms with van der Waals surface area (Å²) < 4.78 is 55.8. The van der Waals surface area contributed by atoms with Gasteiger partial charge in [0.15, 0.2) is 0 Å². The molecular formula is C47H62O12S2Si2. The first kappa shape index (κ1) is 50.3. The first-order chi connectivity index (χ1) is 30.7. The van der Waals surface area contributed by atoms with E-state index in [0.717, 1.165) is 47.6 Å². The Hall–Kier alpha value is -3.69. The molecule has 342 valence electrons. The quantitative estimate of drug-likeness (QED) is 0.0248. The number of hydrogen-bond donors (Lipinski definition) is 0. The predicted molar refractivity (Wildman–Crippen MR) is 253 cm³/mol. The molecule has 0 N–H and O–H groups in total. The average molecular weight is 939 g/mol. The Morgan fingerprint density at radius 3 is 1.21 bits per heavy atom. The van der Waals surface area contributed by atoms with E-state index in [1.54, 1.807) is 66.2 Å². The normalized spacial score (nSPS) is 13.0. The lowest BCUT2D eigenvalue weighted by molar-refractivity contribution is -0.144. The summed E-state index contributed by atoms with van der Waals surface area (Å²) in [5.74, 6) is 3.99. The minimum Gasteiger partial charge on any atom is -0.490 e. The van der Waals surface area contributed by atoms with Crippen LogP contribution in [0, 0.1) is 0 Å². The maximum atomic E-state index is 12.4. The second-order valence-electron chi connectivity index (χ2n) is 14.6. The van der Waals surface area contributed by atoms with E-state index in [2.05, 4.69) is 72.8 Å². The van der Waals surface area contributed by atoms with Gasteiger partial charge in [0, 0.05) is 66.3 Å². The number of carbonyl (C=O) groups is 2. The van der Waals surface area contributed by atoms with Crippen LogP contribution in [0.25, 0.3) is 11.1 Å². The van der Waals surface area contributed by atoms with Gasteiger partial charge in [-0.3, -0.25) is 9.59 Å². The molecule has 12 nitrogen and oxygen atoms in total. The fourth-order valence-electron chi connectivity index (χ4n) is 7.81. The van der Waals surface area contributed by atoms with Crippen molar-refractivity contribution in [2.24, 2.45) is 0 Å². The van der Waals surface area contributed by atoms with E-state index >= 15 is 0 Å². The molecule has 16 heteroatoms. The van der Waals surface area contributed by atoms with Gasteiger partial charge in [-0.2, -0.15) is 23.5 Å². The molecule has 0 bridgehead atoms. The standard InChI is InChI=1S/C47H62O12S2Si2/c1-50-62(51-2,52-3)35-11-31-60-33-25-45(48)58-29-27-56-39-21-17-37(18-22-39)47(43-15-9-7-13-41(43)42-14-8-10-16-44(42)47)38-19-23-40(24-20-38)57-28-30-59-46(49)26-34-61-32-12-36-63(53-4,54-5)55-6/h7-10,13-24H,11-12,25-36H2,1-6H3. The van der Waals surface area contributed by atoms with E-state index in [-0.39, 0.29) is 38.4 Å². The number of thioether (sulfide) groups is 2. The first-order valence-corrected chi connectivity index (χ1v) is 27.3. The summed E-state index contributed by atoms with van der Waals surface area (Å²) in [6, 6.07) is 34.9. The zero-order valence-electron chi connectivity index (χ0n) is 37.4. The molecule has 5 rings (SSSR count). The Kier molecular flexibility index (Phi) is 20.5. The molecule has 1 aliphatic rings. The van der Waals surface area contributed by atoms with Gasteiger partial charge in [0.05, 0.1) is 18.3 Å². The zero-order valence-corrected chi connectivity index (χ0v) is 41.0. The third-order valence-corrected chi connectivity index (χ3v) is 18.9. The highest BCUT2D eigenvalue weighted by Crippen LogP contribution is 2.56. The van der Waals surface area contributed by atoms with E-state index in [1.165, 1.54) is 22.3 Å². The van der Waals surface area contributed by atoms with Crippen molar-refractivity contribution in [3.8, 4) is 22.6 Å². The lowest BCUT2D eigenvalue weighted by Gasteiger charge is -2.34. The van der Waals surface area contributed by atoms with Crippen molar-refractivity contribution < 1.29 is 55.1 Å². The van der Waals surface area contributed by atoms with Crippen LogP contribution in [0.4, 0.5) is 0 Å². The molecule has 0 unspecified atom stereocenters. The summed E-state index contributed by atoms with van der Waals surface area (Å²) in [6.07, 6.45) is 2.42. The molecule has 0 amide bonds. The van der Waals surface area contributed by atoms with Crippen LogP contribution in [0.1, 0.15) is 47.9 Å². The Morgan fingerprint density at radius 1 is 0.476 bits per heavy atom. The summed E-state index contributed by atoms with van der Waals surface area (Å²) in [7, 11) is 4.56. The lowest BCUT2D eigenvalue weighted by Crippen LogP contribution is -2.42. The highest BCUT2D eigenvalue weighted by molar-refractivity contribution is 7.99. The lowest BCUT2D eigenvalue weighted by atomic mass is 9.68. The van der Waals surface area contributed by atoms with Crippen LogP contribution < -0.4 is 9.47 Å². The molecule has 0 atom stereocenters. The molecular weight excluding hydrogens is 877 g/mol. The Morgan fingerprint density at radius 2 is 0.841 bits per heavy atom. The van der Waals surface area contributed by atoms with E-state index in [4.69, 9.17) is 45.5 Å². The largest absolute Gasteiger partial charge is 0.500 e. The van der Waals surface area contributed by atoms with Crippen molar-refractivity contribution in [3.63, 3.8) is 0 Å². The van der Waals surface area contributed by atoms with Gasteiger partial charge < -0.3 is 45.5 Å². The van der Waals surface area contributed by atoms with Gasteiger partial charge in [-0.1, -0.05) is 72.8 Å². The number of hydrogen-bond acceptors (Lipinski definition) is 14. The smallest absolute Gasteiger partial charge is 0.490 e. The minimum atomic E-state index is -2.57. The van der Waals surface area contributed by atoms with Crippen molar-refractivity contribution in [3.05, 3.63) is 119 Å². The third-order valence-electron chi connectivity index (χ3n) is 11.1. The molecule has 0 fully saturated rings. The number of esters is 2. The molecule has 0 saturated heterocycles. The molecule has 0 radical (unpaired) electrons. The van der Waals surface area contributed by atoms with Crippen molar-refractivity contribution in [2.75, 3.05) is 92.1 Å². The van der Waals surface area contributed by atoms with Gasteiger partial charge in [-0.15, -0.1) is 0 Å². The van der Waals surface area contributed by atoms with E-state index in [1.807, 2.05) is 24.3 Å². The molecule has 4 aromatic rings. The van der Waals surface area contributed by atoms with Gasteiger partial charge >= 0.3 is 29.5 Å². The molecule has 0 spiro atoms. The molecule has 0 aromatic heterocycles. The molecule has 1 aliphatic carbocycles. The summed E-state index contributed by atoms with van der Waals surface area (Å²) in [5.41, 5.74) is 6.33. The van der Waals surface area contributed by atoms with Crippen molar-refractivity contribution in [2.45, 2.75) is 43.2 Å². The first-order valence-electron chi connectivity index (χ1n) is 21.2. The Bertz CT molecular complexity index is 1840. The summed E-state index contributed by atoms with van der Waals surface area (Å²) in [6.45, 7) is 0.822. The number of fused-ring (bicyclic) bond motifs is 3. The maximum absolute atomic E-state index is 12.4. The van der Waals surface area contributed by atoms with Crippen LogP contribution >= 0.6 is 23.5 Å². The van der Waals surface area contributed by atoms with Crippen molar-refractivity contribution in [1.82, 2.24) is 0 Å². The fourth-order valence-corrected chi connectivity index (χ4v) is 13.5. The van der Waals surface area contributed by atoms with E-state index in [0.29, 0.717) is 35.8 Å². The van der Waals surface area contributed by atoms with Crippen molar-refractivity contribution in [1.29, 1.82) is 0 Å². The SMILES string of the molecule is CO[Si](CCCSCCC(=O)OCCOc1ccc(C2(c3ccc(OCCOC(=O)CCSCCC[Si](OC)(OC)OC)cc3)c3ccccc3-c3ccccc32)cc1)(OC)OC. The second kappa shape index (κ2) is 25.7. The highest BCUT2D eigenvalue weighted by atomic mass is 32.2. The number of rotatable bonds is 30. The van der Waals surface area contributed by atoms with E-state index in [9.17, 15) is 9.59 Å². The van der Waals surface area contributed by atoms with Gasteiger partial charge in [0.25, 0.3) is 0 Å². The topological polar surface area (TPSA) is 126 Å². The van der Waals surface area contributed by atoms with Crippen LogP contribution in [-0.2, 0) is 51.0 Å². The monoisotopic (exact) mass is 938 g/mol. The summed E-state index contributed by atoms with van der Waals surface area (Å²) >= 11 is 3.39. The highest BCUT2D eigenvalue weighted by Gasteiger charge is 2.46. The van der Waals surface area contributed by atoms with Crippen LogP contribution in [0.15, 0.2) is 97.1 Å². The van der Waals surface area contributed by atoms with Gasteiger partial charge in [0.2, 0.25) is 0 Å². The third kappa shape index (κ3) is 13.2. The fraction of sp³-hybridized carbons (Fsp3) is 0.447. The Labute approximate surface area is 383 Å². The molecule has 0 heterocycles. The minimum absolute atomic E-state index is 0.166. The Balaban J connectivity index is 1.13. The van der Waals surface area contributed by atoms with Crippen molar-refractivity contribution >= 4 is 53.1 Å². The van der Waals surface area contributed by atoms with Gasteiger partial charge in [-0.25, -0.2) is 0 Å². The maximum Gasteiger partial charge on any atom is 0.500 e. The summed E-state index contributed by atoms with van der Waals surface area (Å²) in [4.78, 5) is 24.8. The molecule has 4 aromatic carbocycles. The van der Waals surface area contributed by atoms with Crippen LogP contribution in [0.2, 0.25) is 12.1 Å². The van der Waals surface area contributed by atoms with E-state index < -0.39 is 23.0 Å². The number of benzene rings is 4. The van der Waals surface area contributed by atoms with Gasteiger partial charge in [-0.05, 0) is 82.0 Å². The van der Waals surface area contributed by atoms with Gasteiger partial charge in [0.1, 0.15) is 37.9 Å². The number of carbonyl (C=O) groups excluding carboxylic acids is 2.